The summed E-state index contributed by atoms with van der Waals surface area (Å²) in [6.07, 6.45) is -1.02. The lowest BCUT2D eigenvalue weighted by Gasteiger charge is -2.18. The summed E-state index contributed by atoms with van der Waals surface area (Å²) in [5.41, 5.74) is 3.03. The Balaban J connectivity index is 1.53. The van der Waals surface area contributed by atoms with Gasteiger partial charge in [0.15, 0.2) is 23.4 Å². The number of Topliss-reactive ketones (excluding diaryl/α,β-unsaturated/α-hetero) is 2. The summed E-state index contributed by atoms with van der Waals surface area (Å²) in [4.78, 5) is 37.0. The molecule has 0 bridgehead atoms. The number of carbonyl (C=O) groups excluding carboxylic acids is 3. The van der Waals surface area contributed by atoms with E-state index >= 15 is 0 Å². The molecule has 152 valence electrons. The van der Waals surface area contributed by atoms with Crippen LogP contribution in [0.15, 0.2) is 36.4 Å². The van der Waals surface area contributed by atoms with Crippen LogP contribution in [0.3, 0.4) is 0 Å². The van der Waals surface area contributed by atoms with Gasteiger partial charge in [-0.15, -0.1) is 0 Å². The van der Waals surface area contributed by atoms with Crippen molar-refractivity contribution < 1.29 is 28.6 Å². The van der Waals surface area contributed by atoms with Gasteiger partial charge >= 0.3 is 5.97 Å². The summed E-state index contributed by atoms with van der Waals surface area (Å²) >= 11 is 0. The van der Waals surface area contributed by atoms with Crippen molar-refractivity contribution in [1.82, 2.24) is 0 Å². The van der Waals surface area contributed by atoms with Gasteiger partial charge in [-0.05, 0) is 56.2 Å². The number of carbonyl (C=O) groups is 3. The molecule has 29 heavy (non-hydrogen) atoms. The second-order valence-electron chi connectivity index (χ2n) is 7.08. The first-order valence-electron chi connectivity index (χ1n) is 9.59. The number of benzene rings is 2. The van der Waals surface area contributed by atoms with Gasteiger partial charge in [0.1, 0.15) is 13.2 Å². The van der Waals surface area contributed by atoms with E-state index in [0.717, 1.165) is 11.1 Å². The number of fused-ring (bicyclic) bond motifs is 1. The largest absolute Gasteiger partial charge is 0.486 e. The monoisotopic (exact) mass is 396 g/mol. The quantitative estimate of drug-likeness (QED) is 0.522. The molecule has 0 saturated heterocycles. The lowest BCUT2D eigenvalue weighted by molar-refractivity contribution is -0.146. The minimum atomic E-state index is -0.908. The Morgan fingerprint density at radius 3 is 2.31 bits per heavy atom. The molecule has 0 aromatic heterocycles. The second-order valence-corrected chi connectivity index (χ2v) is 7.08. The molecule has 0 N–H and O–H groups in total. The van der Waals surface area contributed by atoms with Crippen LogP contribution in [0.2, 0.25) is 0 Å². The molecule has 3 rings (SSSR count). The van der Waals surface area contributed by atoms with E-state index in [1.807, 2.05) is 19.9 Å². The van der Waals surface area contributed by atoms with Crippen molar-refractivity contribution in [1.29, 1.82) is 0 Å². The summed E-state index contributed by atoms with van der Waals surface area (Å²) in [5, 5.41) is 0. The molecule has 1 atom stereocenters. The van der Waals surface area contributed by atoms with E-state index in [4.69, 9.17) is 14.2 Å². The molecule has 0 fully saturated rings. The zero-order valence-electron chi connectivity index (χ0n) is 16.8. The number of hydrogen-bond acceptors (Lipinski definition) is 6. The highest BCUT2D eigenvalue weighted by atomic mass is 16.6. The van der Waals surface area contributed by atoms with E-state index in [-0.39, 0.29) is 24.4 Å². The first kappa shape index (κ1) is 20.6. The predicted molar refractivity (Wildman–Crippen MR) is 107 cm³/mol. The van der Waals surface area contributed by atoms with Crippen LogP contribution in [0.25, 0.3) is 0 Å². The van der Waals surface area contributed by atoms with Gasteiger partial charge in [0, 0.05) is 17.5 Å². The Hall–Kier alpha value is -3.15. The average Bonchev–Trinajstić information content (AvgIpc) is 2.73. The van der Waals surface area contributed by atoms with Gasteiger partial charge < -0.3 is 14.2 Å². The Labute approximate surface area is 169 Å². The topological polar surface area (TPSA) is 78.9 Å². The standard InChI is InChI=1S/C23H24O6/c1-14-4-5-18(12-15(14)2)23(26)16(3)29-22(25)9-7-19(24)17-6-8-20-21(13-17)28-11-10-27-20/h4-6,8,12-13,16H,7,9-11H2,1-3H3/t16-/m1/s1. The molecular formula is C23H24O6. The van der Waals surface area contributed by atoms with Crippen LogP contribution < -0.4 is 9.47 Å². The maximum absolute atomic E-state index is 12.5. The van der Waals surface area contributed by atoms with Gasteiger partial charge in [-0.25, -0.2) is 0 Å². The molecule has 6 heteroatoms. The Kier molecular flexibility index (Phi) is 6.32. The maximum Gasteiger partial charge on any atom is 0.306 e. The zero-order chi connectivity index (χ0) is 21.0. The van der Waals surface area contributed by atoms with Crippen LogP contribution in [0, 0.1) is 13.8 Å². The zero-order valence-corrected chi connectivity index (χ0v) is 16.8. The van der Waals surface area contributed by atoms with Gasteiger partial charge in [-0.1, -0.05) is 12.1 Å². The molecule has 1 aliphatic heterocycles. The number of ketones is 2. The first-order chi connectivity index (χ1) is 13.8. The number of rotatable bonds is 7. The minimum absolute atomic E-state index is 0.0109. The molecule has 0 saturated carbocycles. The van der Waals surface area contributed by atoms with Crippen LogP contribution in [0.1, 0.15) is 51.6 Å². The molecular weight excluding hydrogens is 372 g/mol. The van der Waals surface area contributed by atoms with E-state index in [0.29, 0.717) is 35.8 Å². The van der Waals surface area contributed by atoms with E-state index in [1.165, 1.54) is 6.92 Å². The highest BCUT2D eigenvalue weighted by Gasteiger charge is 2.21. The summed E-state index contributed by atoms with van der Waals surface area (Å²) in [7, 11) is 0. The highest BCUT2D eigenvalue weighted by molar-refractivity contribution is 6.01. The first-order valence-corrected chi connectivity index (χ1v) is 9.59. The smallest absolute Gasteiger partial charge is 0.306 e. The number of esters is 1. The fourth-order valence-electron chi connectivity index (χ4n) is 3.02. The Morgan fingerprint density at radius 2 is 1.59 bits per heavy atom. The highest BCUT2D eigenvalue weighted by Crippen LogP contribution is 2.31. The van der Waals surface area contributed by atoms with Crippen LogP contribution >= 0.6 is 0 Å². The van der Waals surface area contributed by atoms with E-state index in [2.05, 4.69) is 0 Å². The summed E-state index contributed by atoms with van der Waals surface area (Å²) < 4.78 is 16.1. The number of hydrogen-bond donors (Lipinski definition) is 0. The fraction of sp³-hybridized carbons (Fsp3) is 0.348. The molecule has 0 radical (unpaired) electrons. The third-order valence-electron chi connectivity index (χ3n) is 4.89. The molecule has 2 aromatic rings. The lowest BCUT2D eigenvalue weighted by atomic mass is 10.0. The van der Waals surface area contributed by atoms with Crippen molar-refractivity contribution >= 4 is 17.5 Å². The minimum Gasteiger partial charge on any atom is -0.486 e. The predicted octanol–water partition coefficient (Wildman–Crippen LogP) is 3.85. The molecule has 1 aliphatic rings. The third-order valence-corrected chi connectivity index (χ3v) is 4.89. The van der Waals surface area contributed by atoms with Crippen molar-refractivity contribution in [3.8, 4) is 11.5 Å². The van der Waals surface area contributed by atoms with Crippen molar-refractivity contribution in [3.05, 3.63) is 58.7 Å². The van der Waals surface area contributed by atoms with Gasteiger partial charge in [-0.2, -0.15) is 0 Å². The van der Waals surface area contributed by atoms with Crippen molar-refractivity contribution in [2.45, 2.75) is 39.7 Å². The third kappa shape index (κ3) is 5.02. The van der Waals surface area contributed by atoms with Crippen LogP contribution in [-0.4, -0.2) is 36.9 Å². The lowest BCUT2D eigenvalue weighted by Crippen LogP contribution is -2.24. The van der Waals surface area contributed by atoms with Crippen LogP contribution in [0.4, 0.5) is 0 Å². The molecule has 2 aromatic carbocycles. The molecule has 0 spiro atoms. The van der Waals surface area contributed by atoms with Gasteiger partial charge in [0.05, 0.1) is 6.42 Å². The van der Waals surface area contributed by atoms with Gasteiger partial charge in [-0.3, -0.25) is 14.4 Å². The summed E-state index contributed by atoms with van der Waals surface area (Å²) in [6, 6.07) is 10.3. The molecule has 6 nitrogen and oxygen atoms in total. The maximum atomic E-state index is 12.5. The molecule has 0 unspecified atom stereocenters. The van der Waals surface area contributed by atoms with Crippen LogP contribution in [0.5, 0.6) is 11.5 Å². The van der Waals surface area contributed by atoms with E-state index in [1.54, 1.807) is 30.3 Å². The Morgan fingerprint density at radius 1 is 0.897 bits per heavy atom. The van der Waals surface area contributed by atoms with Crippen molar-refractivity contribution in [3.63, 3.8) is 0 Å². The molecule has 0 amide bonds. The Bertz CT molecular complexity index is 946. The van der Waals surface area contributed by atoms with E-state index < -0.39 is 12.1 Å². The van der Waals surface area contributed by atoms with Gasteiger partial charge in [0.25, 0.3) is 0 Å². The SMILES string of the molecule is Cc1ccc(C(=O)[C@@H](C)OC(=O)CCC(=O)c2ccc3c(c2)OCCO3)cc1C. The van der Waals surface area contributed by atoms with Crippen molar-refractivity contribution in [2.24, 2.45) is 0 Å². The number of ether oxygens (including phenoxy) is 3. The molecule has 0 aliphatic carbocycles. The summed E-state index contributed by atoms with van der Waals surface area (Å²) in [5.74, 6) is 0.0791. The van der Waals surface area contributed by atoms with Crippen molar-refractivity contribution in [2.75, 3.05) is 13.2 Å². The second kappa shape index (κ2) is 8.90. The summed E-state index contributed by atoms with van der Waals surface area (Å²) in [6.45, 7) is 6.34. The van der Waals surface area contributed by atoms with Gasteiger partial charge in [0.2, 0.25) is 5.78 Å². The van der Waals surface area contributed by atoms with E-state index in [9.17, 15) is 14.4 Å². The fourth-order valence-corrected chi connectivity index (χ4v) is 3.02. The molecule has 1 heterocycles. The average molecular weight is 396 g/mol. The van der Waals surface area contributed by atoms with Crippen LogP contribution in [-0.2, 0) is 9.53 Å². The normalized spacial score (nSPS) is 13.5. The number of aryl methyl sites for hydroxylation is 2.